The molecule has 0 aliphatic heterocycles. The zero-order chi connectivity index (χ0) is 30.8. The lowest BCUT2D eigenvalue weighted by Crippen LogP contribution is -2.75. The van der Waals surface area contributed by atoms with Gasteiger partial charge < -0.3 is 4.65 Å². The van der Waals surface area contributed by atoms with Crippen LogP contribution in [0.1, 0.15) is 0 Å². The van der Waals surface area contributed by atoms with E-state index in [0.717, 1.165) is 0 Å². The summed E-state index contributed by atoms with van der Waals surface area (Å²) in [6.07, 6.45) is -12.7. The summed E-state index contributed by atoms with van der Waals surface area (Å²) in [5.74, 6) is -50.7. The van der Waals surface area contributed by atoms with Gasteiger partial charge in [-0.3, -0.25) is 0 Å². The molecule has 0 unspecified atom stereocenters. The van der Waals surface area contributed by atoms with Gasteiger partial charge >= 0.3 is 6.18 Å². The molecule has 1 nitrogen and oxygen atoms in total. The lowest BCUT2D eigenvalue weighted by atomic mass is 9.27. The Kier molecular flexibility index (Phi) is 7.83. The third-order valence-electron chi connectivity index (χ3n) is 5.45. The number of halogens is 18. The molecule has 0 saturated carbocycles. The highest BCUT2D eigenvalue weighted by Crippen LogP contribution is 2.30. The van der Waals surface area contributed by atoms with E-state index in [-0.39, 0.29) is 0 Å². The summed E-state index contributed by atoms with van der Waals surface area (Å²) in [6, 6.07) is 0. The van der Waals surface area contributed by atoms with Gasteiger partial charge in [-0.05, 0) is 0 Å². The van der Waals surface area contributed by atoms with Gasteiger partial charge in [-0.25, -0.2) is 65.9 Å². The van der Waals surface area contributed by atoms with Crippen LogP contribution < -0.4 is 16.4 Å². The Morgan fingerprint density at radius 1 is 0.350 bits per heavy atom. The minimum Gasteiger partial charge on any atom is -0.572 e. The van der Waals surface area contributed by atoms with E-state index < -0.39 is 123 Å². The average Bonchev–Trinajstić information content (AvgIpc) is 2.89. The Bertz CT molecular complexity index is 1290. The molecule has 0 atom stereocenters. The first-order valence-corrected chi connectivity index (χ1v) is 9.65. The van der Waals surface area contributed by atoms with Crippen molar-refractivity contribution < 1.29 is 83.7 Å². The number of rotatable bonds is 5. The second kappa shape index (κ2) is 10.1. The first kappa shape index (κ1) is 31.0. The van der Waals surface area contributed by atoms with Gasteiger partial charge in [0.15, 0.2) is 52.4 Å². The van der Waals surface area contributed by atoms with E-state index in [2.05, 4.69) is 4.65 Å². The molecule has 0 bridgehead atoms. The molecule has 0 aromatic heterocycles. The van der Waals surface area contributed by atoms with Crippen molar-refractivity contribution in [3.8, 4) is 0 Å². The van der Waals surface area contributed by atoms with Crippen LogP contribution in [0.4, 0.5) is 79.0 Å². The first-order chi connectivity index (χ1) is 18.2. The Morgan fingerprint density at radius 2 is 0.525 bits per heavy atom. The van der Waals surface area contributed by atoms with Crippen molar-refractivity contribution in [3.05, 3.63) is 87.3 Å². The minimum atomic E-state index is -6.70. The largest absolute Gasteiger partial charge is 0.572 e. The second-order valence-corrected chi connectivity index (χ2v) is 7.66. The number of alkyl halides is 3. The van der Waals surface area contributed by atoms with Crippen molar-refractivity contribution >= 4 is 22.7 Å². The fourth-order valence-corrected chi connectivity index (χ4v) is 3.84. The maximum Gasteiger partial charge on any atom is 0.407 e. The molecule has 3 rings (SSSR count). The third kappa shape index (κ3) is 4.41. The molecule has 0 spiro atoms. The predicted octanol–water partition coefficient (Wildman–Crippen LogP) is 5.32. The zero-order valence-electron chi connectivity index (χ0n) is 18.0. The fraction of sp³-hybridized carbons (Fsp3) is 0.100. The Morgan fingerprint density at radius 3 is 0.700 bits per heavy atom. The molecule has 3 aromatic carbocycles. The van der Waals surface area contributed by atoms with Crippen LogP contribution in [-0.4, -0.2) is 19.1 Å². The van der Waals surface area contributed by atoms with Gasteiger partial charge in [-0.1, -0.05) is 16.4 Å². The molecule has 20 heteroatoms. The lowest BCUT2D eigenvalue weighted by Gasteiger charge is -2.44. The van der Waals surface area contributed by atoms with Gasteiger partial charge in [0.2, 0.25) is 6.35 Å². The van der Waals surface area contributed by atoms with E-state index in [1.54, 1.807) is 0 Å². The summed E-state index contributed by atoms with van der Waals surface area (Å²) < 4.78 is 258. The second-order valence-electron chi connectivity index (χ2n) is 7.66. The summed E-state index contributed by atoms with van der Waals surface area (Å²) in [6.45, 7) is -3.34. The highest BCUT2D eigenvalue weighted by molar-refractivity contribution is 7.07. The molecular weight excluding hydrogens is 609 g/mol. The smallest absolute Gasteiger partial charge is 0.407 e. The van der Waals surface area contributed by atoms with Crippen LogP contribution in [-0.2, 0) is 4.65 Å². The summed E-state index contributed by atoms with van der Waals surface area (Å²) >= 11 is 0. The molecule has 0 aliphatic carbocycles. The summed E-state index contributed by atoms with van der Waals surface area (Å²) in [5, 5.41) is 0. The van der Waals surface area contributed by atoms with E-state index in [1.807, 2.05) is 0 Å². The first-order valence-electron chi connectivity index (χ1n) is 9.65. The number of hydrogen-bond donors (Lipinski definition) is 0. The monoisotopic (exact) mass is 611 g/mol. The van der Waals surface area contributed by atoms with E-state index in [1.165, 1.54) is 0 Å². The van der Waals surface area contributed by atoms with Gasteiger partial charge in [0.05, 0.1) is 6.61 Å². The SMILES string of the molecule is Fc1c(F)c(F)c([B-](OCC(F)(F)F)(c2c(F)c(F)c(F)c(F)c2F)c2c(F)c(F)c(F)c(F)c2F)c(F)c1F. The molecule has 0 fully saturated rings. The highest BCUT2D eigenvalue weighted by Gasteiger charge is 2.50. The van der Waals surface area contributed by atoms with Crippen LogP contribution in [0.3, 0.4) is 0 Å². The van der Waals surface area contributed by atoms with Crippen molar-refractivity contribution in [2.24, 2.45) is 0 Å². The fourth-order valence-electron chi connectivity index (χ4n) is 3.84. The molecule has 0 aliphatic rings. The van der Waals surface area contributed by atoms with Gasteiger partial charge in [-0.15, -0.1) is 0 Å². The van der Waals surface area contributed by atoms with Gasteiger partial charge in [0, 0.05) is 0 Å². The van der Waals surface area contributed by atoms with Gasteiger partial charge in [-0.2, -0.15) is 13.2 Å². The van der Waals surface area contributed by atoms with Crippen molar-refractivity contribution in [3.63, 3.8) is 0 Å². The molecule has 0 radical (unpaired) electrons. The van der Waals surface area contributed by atoms with Gasteiger partial charge in [0.1, 0.15) is 34.9 Å². The molecule has 40 heavy (non-hydrogen) atoms. The van der Waals surface area contributed by atoms with Crippen LogP contribution >= 0.6 is 0 Å². The summed E-state index contributed by atoms with van der Waals surface area (Å²) in [7, 11) is 0. The molecule has 0 saturated heterocycles. The molecular formula is C20H2BF18O-. The molecule has 0 amide bonds. The Labute approximate surface area is 207 Å². The highest BCUT2D eigenvalue weighted by atomic mass is 19.4. The third-order valence-corrected chi connectivity index (χ3v) is 5.45. The van der Waals surface area contributed by atoms with Crippen LogP contribution in [0, 0.1) is 87.3 Å². The van der Waals surface area contributed by atoms with Crippen LogP contribution in [0.5, 0.6) is 0 Å². The minimum absolute atomic E-state index is 3.20. The number of benzene rings is 3. The molecule has 3 aromatic rings. The van der Waals surface area contributed by atoms with Crippen LogP contribution in [0.25, 0.3) is 0 Å². The zero-order valence-corrected chi connectivity index (χ0v) is 18.0. The number of hydrogen-bond acceptors (Lipinski definition) is 1. The van der Waals surface area contributed by atoms with E-state index in [0.29, 0.717) is 0 Å². The van der Waals surface area contributed by atoms with Crippen LogP contribution in [0.2, 0.25) is 0 Å². The van der Waals surface area contributed by atoms with Gasteiger partial charge in [0.25, 0.3) is 0 Å². The molecule has 0 heterocycles. The van der Waals surface area contributed by atoms with E-state index >= 15 is 0 Å². The summed E-state index contributed by atoms with van der Waals surface area (Å²) in [4.78, 5) is 0. The van der Waals surface area contributed by atoms with E-state index in [4.69, 9.17) is 0 Å². The van der Waals surface area contributed by atoms with Crippen molar-refractivity contribution in [1.82, 2.24) is 0 Å². The van der Waals surface area contributed by atoms with E-state index in [9.17, 15) is 79.0 Å². The lowest BCUT2D eigenvalue weighted by molar-refractivity contribution is -0.154. The van der Waals surface area contributed by atoms with Crippen molar-refractivity contribution in [1.29, 1.82) is 0 Å². The standard InChI is InChI=1S/C20H2BF18O/c22-5-2(6(23)12(29)17(34)11(5)28)21(40-1-20(37,38)39,3-7(24)13(30)18(35)14(31)8(3)25)4-9(26)15(32)19(36)16(33)10(4)27/h1H2/q-1. The van der Waals surface area contributed by atoms with Crippen LogP contribution in [0.15, 0.2) is 0 Å². The maximum absolute atomic E-state index is 14.9. The predicted molar refractivity (Wildman–Crippen MR) is 95.4 cm³/mol. The Hall–Kier alpha value is -3.58. The average molecular weight is 611 g/mol. The normalized spacial score (nSPS) is 12.4. The summed E-state index contributed by atoms with van der Waals surface area (Å²) in [5.41, 5.74) is -9.90. The van der Waals surface area contributed by atoms with Crippen molar-refractivity contribution in [2.45, 2.75) is 6.18 Å². The topological polar surface area (TPSA) is 9.23 Å². The maximum atomic E-state index is 14.9. The van der Waals surface area contributed by atoms with Crippen molar-refractivity contribution in [2.75, 3.05) is 6.61 Å². The molecule has 0 N–H and O–H groups in total. The Balaban J connectivity index is 2.88. The quantitative estimate of drug-likeness (QED) is 0.165. The molecule has 218 valence electrons.